The van der Waals surface area contributed by atoms with E-state index >= 15 is 0 Å². The van der Waals surface area contributed by atoms with E-state index in [0.717, 1.165) is 29.1 Å². The number of nitrogens with zero attached hydrogens (tertiary/aromatic N) is 5. The van der Waals surface area contributed by atoms with Gasteiger partial charge in [0.05, 0.1) is 16.4 Å². The Kier molecular flexibility index (Phi) is 3.87. The van der Waals surface area contributed by atoms with Crippen molar-refractivity contribution in [2.45, 2.75) is 39.0 Å². The van der Waals surface area contributed by atoms with Gasteiger partial charge in [-0.1, -0.05) is 0 Å². The predicted octanol–water partition coefficient (Wildman–Crippen LogP) is 2.95. The van der Waals surface area contributed by atoms with E-state index in [1.54, 1.807) is 18.3 Å². The zero-order valence-electron chi connectivity index (χ0n) is 15.2. The quantitative estimate of drug-likeness (QED) is 0.550. The zero-order valence-corrected chi connectivity index (χ0v) is 16.1. The van der Waals surface area contributed by atoms with Crippen molar-refractivity contribution >= 4 is 17.2 Å². The van der Waals surface area contributed by atoms with Gasteiger partial charge in [-0.2, -0.15) is 10.2 Å². The highest BCUT2D eigenvalue weighted by atomic mass is 32.1. The van der Waals surface area contributed by atoms with Gasteiger partial charge in [0.25, 0.3) is 0 Å². The molecule has 0 amide bonds. The summed E-state index contributed by atoms with van der Waals surface area (Å²) in [4.78, 5) is 5.76. The van der Waals surface area contributed by atoms with Crippen molar-refractivity contribution in [3.05, 3.63) is 45.0 Å². The van der Waals surface area contributed by atoms with Gasteiger partial charge < -0.3 is 0 Å². The second-order valence-electron chi connectivity index (χ2n) is 6.89. The third-order valence-electron chi connectivity index (χ3n) is 4.75. The molecule has 0 spiro atoms. The van der Waals surface area contributed by atoms with E-state index in [1.165, 1.54) is 14.6 Å². The second-order valence-corrected chi connectivity index (χ2v) is 8.16. The maximum Gasteiger partial charge on any atom is 0.151 e. The Labute approximate surface area is 155 Å². The lowest BCUT2D eigenvalue weighted by atomic mass is 10.2. The molecule has 1 aliphatic rings. The summed E-state index contributed by atoms with van der Waals surface area (Å²) in [7, 11) is 1.91. The molecule has 2 atom stereocenters. The van der Waals surface area contributed by atoms with Crippen LogP contribution in [0, 0.1) is 24.7 Å². The number of rotatable bonds is 3. The molecule has 134 valence electrons. The van der Waals surface area contributed by atoms with Gasteiger partial charge in [0.1, 0.15) is 11.5 Å². The Morgan fingerprint density at radius 1 is 1.23 bits per heavy atom. The summed E-state index contributed by atoms with van der Waals surface area (Å²) in [6, 6.07) is 3.97. The van der Waals surface area contributed by atoms with Crippen LogP contribution < -0.4 is 5.49 Å². The standard InChI is InChI=1S/C18H21N7S/c1-9-5-15(23-25(11(3)19)17(9)20)16-7-14(22-24(16)4)12-6-13(12)18-21-8-10(2)26-18/h5,7-8,12-13,19-20H,6H2,1-4H3/t12-,13-/m1/s1. The van der Waals surface area contributed by atoms with Crippen LogP contribution in [0.4, 0.5) is 0 Å². The molecule has 0 unspecified atom stereocenters. The number of aromatic nitrogens is 5. The highest BCUT2D eigenvalue weighted by molar-refractivity contribution is 7.11. The van der Waals surface area contributed by atoms with Gasteiger partial charge in [0.2, 0.25) is 0 Å². The van der Waals surface area contributed by atoms with Crippen LogP contribution in [0.25, 0.3) is 11.4 Å². The first-order valence-electron chi connectivity index (χ1n) is 8.53. The van der Waals surface area contributed by atoms with Gasteiger partial charge in [-0.3, -0.25) is 15.5 Å². The van der Waals surface area contributed by atoms with E-state index in [1.807, 2.05) is 30.9 Å². The Morgan fingerprint density at radius 3 is 2.65 bits per heavy atom. The van der Waals surface area contributed by atoms with Crippen molar-refractivity contribution in [2.24, 2.45) is 7.05 Å². The molecule has 4 rings (SSSR count). The number of aryl methyl sites for hydroxylation is 3. The van der Waals surface area contributed by atoms with Crippen LogP contribution in [0.5, 0.6) is 0 Å². The number of thiazole rings is 1. The summed E-state index contributed by atoms with van der Waals surface area (Å²) in [5.41, 5.74) is 3.72. The topological polar surface area (TPSA) is 96.2 Å². The van der Waals surface area contributed by atoms with E-state index in [9.17, 15) is 0 Å². The van der Waals surface area contributed by atoms with Crippen molar-refractivity contribution in [3.63, 3.8) is 0 Å². The average molecular weight is 367 g/mol. The van der Waals surface area contributed by atoms with Gasteiger partial charge in [0.15, 0.2) is 5.49 Å². The lowest BCUT2D eigenvalue weighted by Gasteiger charge is -2.08. The Hall–Kier alpha value is -2.61. The van der Waals surface area contributed by atoms with Gasteiger partial charge in [0, 0.05) is 30.0 Å². The van der Waals surface area contributed by atoms with Crippen LogP contribution >= 0.6 is 11.3 Å². The minimum Gasteiger partial charge on any atom is -0.287 e. The number of hydrogen-bond donors (Lipinski definition) is 2. The smallest absolute Gasteiger partial charge is 0.151 e. The van der Waals surface area contributed by atoms with Crippen molar-refractivity contribution in [1.29, 1.82) is 10.8 Å². The molecule has 8 heteroatoms. The van der Waals surface area contributed by atoms with E-state index in [2.05, 4.69) is 23.1 Å². The summed E-state index contributed by atoms with van der Waals surface area (Å²) in [6.07, 6.45) is 3.02. The maximum atomic E-state index is 8.08. The fourth-order valence-corrected chi connectivity index (χ4v) is 4.20. The minimum atomic E-state index is 0.226. The highest BCUT2D eigenvalue weighted by Crippen LogP contribution is 2.55. The van der Waals surface area contributed by atoms with E-state index in [-0.39, 0.29) is 11.3 Å². The number of nitrogens with one attached hydrogen (secondary N) is 2. The maximum absolute atomic E-state index is 8.08. The SMILES string of the molecule is CC(=N)n1nc(-c2cc([C@@H]3C[C@H]3c3ncc(C)s3)nn2C)cc(C)c1=N. The third kappa shape index (κ3) is 2.80. The molecular formula is C18H21N7S. The Morgan fingerprint density at radius 2 is 2.00 bits per heavy atom. The normalized spacial score (nSPS) is 18.9. The molecule has 26 heavy (non-hydrogen) atoms. The summed E-state index contributed by atoms with van der Waals surface area (Å²) < 4.78 is 3.20. The predicted molar refractivity (Wildman–Crippen MR) is 101 cm³/mol. The van der Waals surface area contributed by atoms with Crippen LogP contribution in [-0.4, -0.2) is 30.4 Å². The van der Waals surface area contributed by atoms with E-state index in [4.69, 9.17) is 15.9 Å². The molecule has 0 saturated heterocycles. The molecule has 0 aliphatic heterocycles. The molecule has 1 saturated carbocycles. The van der Waals surface area contributed by atoms with Crippen LogP contribution in [0.3, 0.4) is 0 Å². The summed E-state index contributed by atoms with van der Waals surface area (Å²) in [6.45, 7) is 5.58. The summed E-state index contributed by atoms with van der Waals surface area (Å²) in [5.74, 6) is 1.10. The van der Waals surface area contributed by atoms with Crippen LogP contribution in [-0.2, 0) is 7.05 Å². The largest absolute Gasteiger partial charge is 0.287 e. The first-order chi connectivity index (χ1) is 12.3. The van der Waals surface area contributed by atoms with Gasteiger partial charge in [-0.05, 0) is 44.9 Å². The third-order valence-corrected chi connectivity index (χ3v) is 5.80. The monoisotopic (exact) mass is 367 g/mol. The molecule has 2 N–H and O–H groups in total. The zero-order chi connectivity index (χ0) is 18.6. The van der Waals surface area contributed by atoms with Gasteiger partial charge >= 0.3 is 0 Å². The first-order valence-corrected chi connectivity index (χ1v) is 9.34. The molecule has 0 radical (unpaired) electrons. The van der Waals surface area contributed by atoms with Crippen molar-refractivity contribution in [2.75, 3.05) is 0 Å². The number of hydrogen-bond acceptors (Lipinski definition) is 6. The van der Waals surface area contributed by atoms with Crippen LogP contribution in [0.15, 0.2) is 18.3 Å². The average Bonchev–Trinajstić information content (AvgIpc) is 3.11. The first kappa shape index (κ1) is 16.8. The van der Waals surface area contributed by atoms with Crippen LogP contribution in [0.1, 0.15) is 46.3 Å². The molecule has 3 aromatic heterocycles. The molecule has 0 bridgehead atoms. The lowest BCUT2D eigenvalue weighted by molar-refractivity contribution is 0.735. The fourth-order valence-electron chi connectivity index (χ4n) is 3.24. The molecule has 1 fully saturated rings. The second kappa shape index (κ2) is 5.98. The molecular weight excluding hydrogens is 346 g/mol. The van der Waals surface area contributed by atoms with Crippen molar-refractivity contribution in [3.8, 4) is 11.4 Å². The molecule has 3 heterocycles. The van der Waals surface area contributed by atoms with Crippen molar-refractivity contribution < 1.29 is 0 Å². The molecule has 0 aromatic carbocycles. The van der Waals surface area contributed by atoms with Crippen LogP contribution in [0.2, 0.25) is 0 Å². The molecule has 1 aliphatic carbocycles. The van der Waals surface area contributed by atoms with E-state index < -0.39 is 0 Å². The summed E-state index contributed by atoms with van der Waals surface area (Å²) >= 11 is 1.77. The molecule has 3 aromatic rings. The highest BCUT2D eigenvalue weighted by Gasteiger charge is 2.43. The van der Waals surface area contributed by atoms with Gasteiger partial charge in [-0.15, -0.1) is 11.3 Å². The molecule has 7 nitrogen and oxygen atoms in total. The van der Waals surface area contributed by atoms with E-state index in [0.29, 0.717) is 11.8 Å². The Balaban J connectivity index is 1.68. The van der Waals surface area contributed by atoms with Gasteiger partial charge in [-0.25, -0.2) is 9.67 Å². The summed E-state index contributed by atoms with van der Waals surface area (Å²) in [5, 5.41) is 26.3. The van der Waals surface area contributed by atoms with Crippen molar-refractivity contribution in [1.82, 2.24) is 24.5 Å². The lowest BCUT2D eigenvalue weighted by Crippen LogP contribution is -2.29. The fraction of sp³-hybridized carbons (Fsp3) is 0.389. The Bertz CT molecular complexity index is 1070. The minimum absolute atomic E-state index is 0.226.